The third kappa shape index (κ3) is 14.6. The van der Waals surface area contributed by atoms with Gasteiger partial charge in [0.05, 0.1) is 11.9 Å². The Morgan fingerprint density at radius 2 is 1.21 bits per heavy atom. The maximum atomic E-state index is 11.6. The molecule has 0 spiro atoms. The molecule has 15 heteroatoms. The van der Waals surface area contributed by atoms with Crippen LogP contribution in [0.5, 0.6) is 0 Å². The largest absolute Gasteiger partial charge is 0.353 e. The molecule has 0 radical (unpaired) electrons. The molecule has 38 heavy (non-hydrogen) atoms. The second-order valence-corrected chi connectivity index (χ2v) is 10.4. The predicted octanol–water partition coefficient (Wildman–Crippen LogP) is 2.44. The third-order valence-corrected chi connectivity index (χ3v) is 6.67. The van der Waals surface area contributed by atoms with Crippen LogP contribution in [0.2, 0.25) is 0 Å². The lowest BCUT2D eigenvalue weighted by atomic mass is 10.1. The highest BCUT2D eigenvalue weighted by Crippen LogP contribution is 2.08. The van der Waals surface area contributed by atoms with Crippen molar-refractivity contribution < 1.29 is 9.59 Å². The number of nitrogens with zero attached hydrogens (tertiary/aromatic N) is 8. The Morgan fingerprint density at radius 3 is 1.61 bits per heavy atom. The van der Waals surface area contributed by atoms with Gasteiger partial charge in [-0.25, -0.2) is 9.36 Å². The van der Waals surface area contributed by atoms with Gasteiger partial charge in [0.1, 0.15) is 16.8 Å². The van der Waals surface area contributed by atoms with Gasteiger partial charge in [0, 0.05) is 69.6 Å². The number of aromatic nitrogens is 6. The van der Waals surface area contributed by atoms with E-state index in [0.717, 1.165) is 48.7 Å². The molecular weight excluding hydrogens is 829 g/mol. The van der Waals surface area contributed by atoms with E-state index in [-0.39, 0.29) is 24.9 Å². The Hall–Kier alpha value is -0.670. The van der Waals surface area contributed by atoms with Crippen molar-refractivity contribution in [1.82, 2.24) is 50.4 Å². The topological polar surface area (TPSA) is 126 Å². The summed E-state index contributed by atoms with van der Waals surface area (Å²) < 4.78 is 3.91. The van der Waals surface area contributed by atoms with Gasteiger partial charge in [-0.15, -0.1) is 10.2 Å². The summed E-state index contributed by atoms with van der Waals surface area (Å²) in [5, 5.41) is 21.2. The van der Waals surface area contributed by atoms with Crippen LogP contribution in [0.15, 0.2) is 12.4 Å². The third-order valence-electron chi connectivity index (χ3n) is 6.17. The second-order valence-electron chi connectivity index (χ2n) is 9.30. The minimum atomic E-state index is -0.00619. The maximum absolute atomic E-state index is 11.6. The summed E-state index contributed by atoms with van der Waals surface area (Å²) >= 11 is 6.31. The fraction of sp³-hybridized carbons (Fsp3) is 0.739. The smallest absolute Gasteiger partial charge is 0.241 e. The van der Waals surface area contributed by atoms with Crippen LogP contribution in [0.4, 0.5) is 0 Å². The molecule has 0 aliphatic carbocycles. The van der Waals surface area contributed by atoms with E-state index in [1.807, 2.05) is 6.92 Å². The molecule has 0 unspecified atom stereocenters. The highest BCUT2D eigenvalue weighted by molar-refractivity contribution is 15.0. The molecule has 12 nitrogen and oxygen atoms in total. The number of hydrogen-bond donors (Lipinski definition) is 2. The average molecular weight is 868 g/mol. The highest BCUT2D eigenvalue weighted by Gasteiger charge is 2.11. The van der Waals surface area contributed by atoms with Crippen molar-refractivity contribution in [1.29, 1.82) is 0 Å². The molecule has 2 saturated heterocycles. The number of likely N-dealkylation sites (tertiary alicyclic amines) is 2. The van der Waals surface area contributed by atoms with Crippen molar-refractivity contribution >= 4 is 71.6 Å². The van der Waals surface area contributed by atoms with Crippen LogP contribution in [0.1, 0.15) is 44.2 Å². The monoisotopic (exact) mass is 868 g/mol. The number of aryl methyl sites for hydroxylation is 1. The summed E-state index contributed by atoms with van der Waals surface area (Å²) in [5.41, 5.74) is 0.830. The molecular formula is C23H39I3N10O2. The highest BCUT2D eigenvalue weighted by atomic mass is 128. The maximum Gasteiger partial charge on any atom is 0.241 e. The SMILES string of the molecule is Cc1cn(CC(=O)NCCN2CCCCC2)nn1.II.O=C(Cn1cc(I)nn1)NCCN1CCCCC1. The summed E-state index contributed by atoms with van der Waals surface area (Å²) in [4.78, 5) is 28.1. The zero-order valence-electron chi connectivity index (χ0n) is 22.0. The first-order valence-electron chi connectivity index (χ1n) is 13.0. The van der Waals surface area contributed by atoms with E-state index in [4.69, 9.17) is 0 Å². The summed E-state index contributed by atoms with van der Waals surface area (Å²) in [6.07, 6.45) is 11.3. The zero-order valence-corrected chi connectivity index (χ0v) is 28.5. The van der Waals surface area contributed by atoms with Gasteiger partial charge in [0.15, 0.2) is 0 Å². The fourth-order valence-corrected chi connectivity index (χ4v) is 4.72. The van der Waals surface area contributed by atoms with Crippen molar-refractivity contribution in [2.24, 2.45) is 0 Å². The minimum Gasteiger partial charge on any atom is -0.353 e. The lowest BCUT2D eigenvalue weighted by molar-refractivity contribution is -0.122. The normalized spacial score (nSPS) is 16.0. The van der Waals surface area contributed by atoms with Gasteiger partial charge in [-0.1, -0.05) is 23.3 Å². The second kappa shape index (κ2) is 20.2. The molecule has 0 atom stereocenters. The lowest BCUT2D eigenvalue weighted by Gasteiger charge is -2.26. The number of carbonyl (C=O) groups is 2. The molecule has 0 saturated carbocycles. The standard InChI is InChI=1S/C12H21N5O.C11H18IN5O.I2/c1-11-9-17(15-14-11)10-12(18)13-5-8-16-6-3-2-4-7-16;12-10-8-17(15-14-10)9-11(18)13-4-7-16-5-2-1-3-6-16;1-2/h9H,2-8,10H2,1H3,(H,13,18);8H,1-7,9H2,(H,13,18);. The quantitative estimate of drug-likeness (QED) is 0.350. The van der Waals surface area contributed by atoms with Crippen LogP contribution in [0.3, 0.4) is 0 Å². The molecule has 0 bridgehead atoms. The number of carbonyl (C=O) groups excluding carboxylic acids is 2. The first-order valence-corrected chi connectivity index (χ1v) is 20.4. The van der Waals surface area contributed by atoms with E-state index >= 15 is 0 Å². The van der Waals surface area contributed by atoms with Crippen molar-refractivity contribution in [3.8, 4) is 0 Å². The van der Waals surface area contributed by atoms with Crippen molar-refractivity contribution in [3.05, 3.63) is 21.8 Å². The molecule has 214 valence electrons. The summed E-state index contributed by atoms with van der Waals surface area (Å²) in [6, 6.07) is 0. The van der Waals surface area contributed by atoms with E-state index in [2.05, 4.69) is 101 Å². The summed E-state index contributed by atoms with van der Waals surface area (Å²) in [5.74, 6) is -0.00906. The lowest BCUT2D eigenvalue weighted by Crippen LogP contribution is -2.38. The Labute approximate surface area is 262 Å². The van der Waals surface area contributed by atoms with Gasteiger partial charge < -0.3 is 20.4 Å². The molecule has 4 rings (SSSR count). The number of halogens is 3. The van der Waals surface area contributed by atoms with Crippen LogP contribution < -0.4 is 10.6 Å². The van der Waals surface area contributed by atoms with Crippen LogP contribution in [0, 0.1) is 10.6 Å². The number of piperidine rings is 2. The Balaban J connectivity index is 0.000000251. The van der Waals surface area contributed by atoms with E-state index in [1.165, 1.54) is 38.5 Å². The van der Waals surface area contributed by atoms with Crippen molar-refractivity contribution in [2.45, 2.75) is 58.5 Å². The molecule has 2 N–H and O–H groups in total. The van der Waals surface area contributed by atoms with Crippen LogP contribution in [-0.4, -0.2) is 104 Å². The van der Waals surface area contributed by atoms with E-state index < -0.39 is 0 Å². The molecule has 4 heterocycles. The van der Waals surface area contributed by atoms with E-state index in [1.54, 1.807) is 21.8 Å². The predicted molar refractivity (Wildman–Crippen MR) is 172 cm³/mol. The van der Waals surface area contributed by atoms with E-state index in [0.29, 0.717) is 13.1 Å². The zero-order chi connectivity index (χ0) is 27.6. The molecule has 2 aromatic rings. The molecule has 0 aromatic carbocycles. The number of amides is 2. The van der Waals surface area contributed by atoms with Crippen LogP contribution in [0.25, 0.3) is 0 Å². The van der Waals surface area contributed by atoms with E-state index in [9.17, 15) is 9.59 Å². The number of nitrogens with one attached hydrogen (secondary N) is 2. The molecule has 2 amide bonds. The van der Waals surface area contributed by atoms with Crippen LogP contribution >= 0.6 is 59.8 Å². The van der Waals surface area contributed by atoms with Crippen LogP contribution in [-0.2, 0) is 22.7 Å². The Bertz CT molecular complexity index is 856. The van der Waals surface area contributed by atoms with Gasteiger partial charge in [0.2, 0.25) is 11.8 Å². The Kier molecular flexibility index (Phi) is 17.9. The molecule has 2 aliphatic heterocycles. The van der Waals surface area contributed by atoms with Crippen molar-refractivity contribution in [2.75, 3.05) is 52.4 Å². The number of rotatable bonds is 10. The first-order chi connectivity index (χ1) is 18.5. The van der Waals surface area contributed by atoms with Gasteiger partial charge >= 0.3 is 0 Å². The molecule has 2 aliphatic rings. The molecule has 2 fully saturated rings. The van der Waals surface area contributed by atoms with Gasteiger partial charge in [-0.05, 0) is 81.4 Å². The summed E-state index contributed by atoms with van der Waals surface area (Å²) in [6.45, 7) is 10.3. The Morgan fingerprint density at radius 1 is 0.763 bits per heavy atom. The summed E-state index contributed by atoms with van der Waals surface area (Å²) in [7, 11) is 0. The first kappa shape index (κ1) is 33.5. The fourth-order valence-electron chi connectivity index (χ4n) is 4.30. The average Bonchev–Trinajstić information content (AvgIpc) is 3.53. The van der Waals surface area contributed by atoms with Crippen molar-refractivity contribution in [3.63, 3.8) is 0 Å². The van der Waals surface area contributed by atoms with Gasteiger partial charge in [-0.3, -0.25) is 9.59 Å². The number of hydrogen-bond acceptors (Lipinski definition) is 8. The van der Waals surface area contributed by atoms with Gasteiger partial charge in [-0.2, -0.15) is 0 Å². The minimum absolute atomic E-state index is 0.00286. The van der Waals surface area contributed by atoms with Gasteiger partial charge in [0.25, 0.3) is 0 Å². The molecule has 2 aromatic heterocycles.